The molecular weight excluding hydrogens is 128 g/mol. The van der Waals surface area contributed by atoms with Crippen molar-refractivity contribution in [3.05, 3.63) is 0 Å². The maximum absolute atomic E-state index is 2.49. The highest BCUT2D eigenvalue weighted by Crippen LogP contribution is 2.21. The fraction of sp³-hybridized carbons (Fsp3) is 1.00. The van der Waals surface area contributed by atoms with Crippen molar-refractivity contribution in [2.24, 2.45) is 0 Å². The number of fused-ring (bicyclic) bond motifs is 2. The maximum Gasteiger partial charge on any atom is 0.0686 e. The van der Waals surface area contributed by atoms with E-state index in [0.717, 1.165) is 20.0 Å². The first kappa shape index (κ1) is 5.49. The first-order valence-corrected chi connectivity index (χ1v) is 3.86. The normalized spacial score (nSPS) is 52.2. The van der Waals surface area contributed by atoms with Gasteiger partial charge in [0.15, 0.2) is 0 Å². The van der Waals surface area contributed by atoms with E-state index < -0.39 is 0 Å². The lowest BCUT2D eigenvalue weighted by Gasteiger charge is -2.40. The first-order chi connectivity index (χ1) is 4.92. The number of hydrogen-bond donors (Lipinski definition) is 0. The molecule has 56 valence electrons. The van der Waals surface area contributed by atoms with Crippen LogP contribution in [0.1, 0.15) is 0 Å². The molecule has 0 radical (unpaired) electrons. The summed E-state index contributed by atoms with van der Waals surface area (Å²) in [6.07, 6.45) is 0. The average Bonchev–Trinajstić information content (AvgIpc) is 2.11. The summed E-state index contributed by atoms with van der Waals surface area (Å²) >= 11 is 0. The van der Waals surface area contributed by atoms with Crippen molar-refractivity contribution in [1.82, 2.24) is 19.8 Å². The highest BCUT2D eigenvalue weighted by molar-refractivity contribution is 4.79. The van der Waals surface area contributed by atoms with Gasteiger partial charge in [0, 0.05) is 13.1 Å². The lowest BCUT2D eigenvalue weighted by molar-refractivity contribution is -0.0844. The van der Waals surface area contributed by atoms with E-state index in [1.807, 2.05) is 0 Å². The van der Waals surface area contributed by atoms with Crippen LogP contribution in [0.3, 0.4) is 0 Å². The Kier molecular flexibility index (Phi) is 0.936. The second-order valence-corrected chi connectivity index (χ2v) is 3.37. The molecule has 3 rings (SSSR count). The van der Waals surface area contributed by atoms with Gasteiger partial charge in [-0.05, 0) is 0 Å². The molecule has 4 heteroatoms. The Balaban J connectivity index is 1.94. The molecule has 4 nitrogen and oxygen atoms in total. The van der Waals surface area contributed by atoms with E-state index in [4.69, 9.17) is 0 Å². The molecular formula is C6H12N4. The molecule has 0 spiro atoms. The Bertz CT molecular complexity index is 150. The highest BCUT2D eigenvalue weighted by Gasteiger charge is 2.38. The standard InChI is InChI=1S/C6H12N4/c1-2-9-5-8-3-7(1)4-10(9)6-8/h1-6H2. The van der Waals surface area contributed by atoms with Crippen molar-refractivity contribution in [2.45, 2.75) is 0 Å². The molecule has 3 atom stereocenters. The van der Waals surface area contributed by atoms with Gasteiger partial charge in [0.2, 0.25) is 0 Å². The topological polar surface area (TPSA) is 13.0 Å². The smallest absolute Gasteiger partial charge is 0.0686 e. The maximum atomic E-state index is 2.49. The molecule has 0 aromatic carbocycles. The summed E-state index contributed by atoms with van der Waals surface area (Å²) in [5.41, 5.74) is 0. The number of hydrazine groups is 1. The van der Waals surface area contributed by atoms with Gasteiger partial charge in [0.1, 0.15) is 0 Å². The summed E-state index contributed by atoms with van der Waals surface area (Å²) in [5.74, 6) is 0. The van der Waals surface area contributed by atoms with Crippen molar-refractivity contribution >= 4 is 0 Å². The lowest BCUT2D eigenvalue weighted by atomic mass is 10.5. The zero-order chi connectivity index (χ0) is 6.55. The summed E-state index contributed by atoms with van der Waals surface area (Å²) < 4.78 is 0. The minimum Gasteiger partial charge on any atom is -0.275 e. The van der Waals surface area contributed by atoms with E-state index in [1.165, 1.54) is 19.8 Å². The van der Waals surface area contributed by atoms with Crippen LogP contribution in [0.15, 0.2) is 0 Å². The van der Waals surface area contributed by atoms with Gasteiger partial charge < -0.3 is 0 Å². The lowest BCUT2D eigenvalue weighted by Crippen LogP contribution is -2.55. The number of rotatable bonds is 0. The van der Waals surface area contributed by atoms with Gasteiger partial charge in [-0.3, -0.25) is 9.80 Å². The van der Waals surface area contributed by atoms with Crippen molar-refractivity contribution in [3.8, 4) is 0 Å². The van der Waals surface area contributed by atoms with Crippen molar-refractivity contribution in [3.63, 3.8) is 0 Å². The quantitative estimate of drug-likeness (QED) is 0.427. The number of hydrogen-bond acceptors (Lipinski definition) is 4. The van der Waals surface area contributed by atoms with Crippen LogP contribution in [-0.4, -0.2) is 59.6 Å². The molecule has 0 amide bonds. The molecule has 10 heavy (non-hydrogen) atoms. The van der Waals surface area contributed by atoms with Crippen LogP contribution in [0.25, 0.3) is 0 Å². The fourth-order valence-electron chi connectivity index (χ4n) is 2.08. The van der Waals surface area contributed by atoms with E-state index in [9.17, 15) is 0 Å². The van der Waals surface area contributed by atoms with Crippen LogP contribution in [0.2, 0.25) is 0 Å². The molecule has 3 saturated heterocycles. The average molecular weight is 140 g/mol. The molecule has 0 N–H and O–H groups in total. The zero-order valence-electron chi connectivity index (χ0n) is 6.03. The molecule has 3 aliphatic rings. The Morgan fingerprint density at radius 1 is 0.600 bits per heavy atom. The zero-order valence-corrected chi connectivity index (χ0v) is 6.03. The summed E-state index contributed by atoms with van der Waals surface area (Å²) in [7, 11) is 0. The summed E-state index contributed by atoms with van der Waals surface area (Å²) in [5, 5.41) is 4.87. The molecule has 3 unspecified atom stereocenters. The van der Waals surface area contributed by atoms with E-state index >= 15 is 0 Å². The van der Waals surface area contributed by atoms with Gasteiger partial charge in [-0.25, -0.2) is 10.0 Å². The Labute approximate surface area is 60.6 Å². The molecule has 0 aliphatic carbocycles. The second kappa shape index (κ2) is 1.71. The Morgan fingerprint density at radius 3 is 2.40 bits per heavy atom. The molecule has 0 aromatic rings. The van der Waals surface area contributed by atoms with Gasteiger partial charge in [-0.2, -0.15) is 0 Å². The van der Waals surface area contributed by atoms with Gasteiger partial charge in [-0.15, -0.1) is 0 Å². The Morgan fingerprint density at radius 2 is 1.40 bits per heavy atom. The molecule has 3 heterocycles. The third-order valence-corrected chi connectivity index (χ3v) is 2.56. The van der Waals surface area contributed by atoms with E-state index in [2.05, 4.69) is 19.8 Å². The summed E-state index contributed by atoms with van der Waals surface area (Å²) in [6.45, 7) is 7.17. The molecule has 0 saturated carbocycles. The van der Waals surface area contributed by atoms with Crippen LogP contribution >= 0.6 is 0 Å². The minimum atomic E-state index is 1.16. The second-order valence-electron chi connectivity index (χ2n) is 3.37. The SMILES string of the molecule is C1CN2CN3CN1CN2C3. The van der Waals surface area contributed by atoms with Crippen LogP contribution in [-0.2, 0) is 0 Å². The van der Waals surface area contributed by atoms with Gasteiger partial charge >= 0.3 is 0 Å². The van der Waals surface area contributed by atoms with E-state index in [0.29, 0.717) is 0 Å². The van der Waals surface area contributed by atoms with E-state index in [-0.39, 0.29) is 0 Å². The van der Waals surface area contributed by atoms with E-state index in [1.54, 1.807) is 0 Å². The van der Waals surface area contributed by atoms with Gasteiger partial charge in [-0.1, -0.05) is 0 Å². The van der Waals surface area contributed by atoms with Gasteiger partial charge in [0.25, 0.3) is 0 Å². The predicted octanol–water partition coefficient (Wildman–Crippen LogP) is -1.02. The molecule has 3 bridgehead atoms. The van der Waals surface area contributed by atoms with Crippen LogP contribution in [0, 0.1) is 0 Å². The molecule has 3 aliphatic heterocycles. The minimum absolute atomic E-state index is 1.16. The molecule has 3 fully saturated rings. The number of nitrogens with zero attached hydrogens (tertiary/aromatic N) is 4. The third-order valence-electron chi connectivity index (χ3n) is 2.56. The third kappa shape index (κ3) is 0.594. The summed E-state index contributed by atoms with van der Waals surface area (Å²) in [4.78, 5) is 4.96. The van der Waals surface area contributed by atoms with Crippen LogP contribution in [0.5, 0.6) is 0 Å². The molecule has 0 aromatic heterocycles. The Hall–Kier alpha value is -0.160. The highest BCUT2D eigenvalue weighted by atomic mass is 15.8. The van der Waals surface area contributed by atoms with Crippen LogP contribution < -0.4 is 0 Å². The van der Waals surface area contributed by atoms with Crippen molar-refractivity contribution < 1.29 is 0 Å². The van der Waals surface area contributed by atoms with Crippen LogP contribution in [0.4, 0.5) is 0 Å². The van der Waals surface area contributed by atoms with Gasteiger partial charge in [0.05, 0.1) is 26.7 Å². The first-order valence-electron chi connectivity index (χ1n) is 3.86. The van der Waals surface area contributed by atoms with Crippen molar-refractivity contribution in [2.75, 3.05) is 39.8 Å². The largest absolute Gasteiger partial charge is 0.275 e. The fourth-order valence-corrected chi connectivity index (χ4v) is 2.08. The summed E-state index contributed by atoms with van der Waals surface area (Å²) in [6, 6.07) is 0. The monoisotopic (exact) mass is 140 g/mol. The van der Waals surface area contributed by atoms with Crippen molar-refractivity contribution in [1.29, 1.82) is 0 Å². The predicted molar refractivity (Wildman–Crippen MR) is 36.6 cm³/mol.